The third kappa shape index (κ3) is 1.48. The van der Waals surface area contributed by atoms with Gasteiger partial charge in [-0.15, -0.1) is 0 Å². The van der Waals surface area contributed by atoms with E-state index in [1.165, 1.54) is 0 Å². The summed E-state index contributed by atoms with van der Waals surface area (Å²) in [5.41, 5.74) is 2.95. The maximum absolute atomic E-state index is 9.09. The Kier molecular flexibility index (Phi) is 2.15. The van der Waals surface area contributed by atoms with Gasteiger partial charge in [-0.05, 0) is 17.2 Å². The Hall–Kier alpha value is -1.54. The molecule has 0 saturated heterocycles. The lowest BCUT2D eigenvalue weighted by atomic mass is 10.0. The molecule has 2 nitrogen and oxygen atoms in total. The molecule has 0 radical (unpaired) electrons. The lowest BCUT2D eigenvalue weighted by Crippen LogP contribution is -1.86. The van der Waals surface area contributed by atoms with Crippen LogP contribution in [0, 0.1) is 0 Å². The molecule has 0 aliphatic rings. The van der Waals surface area contributed by atoms with Crippen LogP contribution in [0.1, 0.15) is 5.56 Å². The monoisotopic (exact) mass is 174 g/mol. The predicted molar refractivity (Wildman–Crippen MR) is 50.1 cm³/mol. The third-order valence-corrected chi connectivity index (χ3v) is 2.02. The summed E-state index contributed by atoms with van der Waals surface area (Å²) < 4.78 is 4.99. The van der Waals surface area contributed by atoms with Crippen LogP contribution < -0.4 is 0 Å². The van der Waals surface area contributed by atoms with E-state index in [4.69, 9.17) is 9.52 Å². The van der Waals surface area contributed by atoms with Gasteiger partial charge in [-0.2, -0.15) is 0 Å². The maximum atomic E-state index is 9.09. The summed E-state index contributed by atoms with van der Waals surface area (Å²) in [5, 5.41) is 9.09. The predicted octanol–water partition coefficient (Wildman–Crippen LogP) is 2.44. The summed E-state index contributed by atoms with van der Waals surface area (Å²) in [6.07, 6.45) is 3.30. The zero-order chi connectivity index (χ0) is 9.10. The molecular weight excluding hydrogens is 164 g/mol. The van der Waals surface area contributed by atoms with Gasteiger partial charge in [-0.25, -0.2) is 0 Å². The van der Waals surface area contributed by atoms with Crippen molar-refractivity contribution in [3.05, 3.63) is 48.4 Å². The average Bonchev–Trinajstić information content (AvgIpc) is 2.70. The van der Waals surface area contributed by atoms with Gasteiger partial charge >= 0.3 is 0 Å². The molecule has 0 amide bonds. The van der Waals surface area contributed by atoms with Crippen LogP contribution in [0.3, 0.4) is 0 Å². The van der Waals surface area contributed by atoms with Crippen LogP contribution in [0.25, 0.3) is 11.1 Å². The quantitative estimate of drug-likeness (QED) is 0.758. The van der Waals surface area contributed by atoms with Crippen LogP contribution in [0.15, 0.2) is 47.3 Å². The molecule has 2 aromatic rings. The first-order chi connectivity index (χ1) is 6.42. The van der Waals surface area contributed by atoms with Crippen molar-refractivity contribution in [1.29, 1.82) is 0 Å². The van der Waals surface area contributed by atoms with Crippen LogP contribution in [-0.4, -0.2) is 5.11 Å². The first-order valence-electron chi connectivity index (χ1n) is 4.13. The van der Waals surface area contributed by atoms with E-state index in [1.807, 2.05) is 30.3 Å². The zero-order valence-corrected chi connectivity index (χ0v) is 7.10. The molecule has 1 N–H and O–H groups in total. The van der Waals surface area contributed by atoms with E-state index in [1.54, 1.807) is 12.5 Å². The second-order valence-electron chi connectivity index (χ2n) is 2.83. The van der Waals surface area contributed by atoms with Crippen LogP contribution >= 0.6 is 0 Å². The van der Waals surface area contributed by atoms with E-state index >= 15 is 0 Å². The smallest absolute Gasteiger partial charge is 0.0981 e. The Morgan fingerprint density at radius 3 is 2.69 bits per heavy atom. The molecule has 0 fully saturated rings. The molecule has 0 bridgehead atoms. The highest BCUT2D eigenvalue weighted by atomic mass is 16.3. The van der Waals surface area contributed by atoms with Crippen molar-refractivity contribution in [3.63, 3.8) is 0 Å². The fraction of sp³-hybridized carbons (Fsp3) is 0.0909. The molecule has 1 aromatic carbocycles. The van der Waals surface area contributed by atoms with Gasteiger partial charge in [-0.1, -0.05) is 24.3 Å². The Morgan fingerprint density at radius 2 is 2.00 bits per heavy atom. The molecule has 0 aliphatic carbocycles. The van der Waals surface area contributed by atoms with Crippen LogP contribution in [0.4, 0.5) is 0 Å². The van der Waals surface area contributed by atoms with E-state index < -0.39 is 0 Å². The van der Waals surface area contributed by atoms with E-state index in [2.05, 4.69) is 0 Å². The fourth-order valence-electron chi connectivity index (χ4n) is 1.36. The largest absolute Gasteiger partial charge is 0.472 e. The molecule has 1 aromatic heterocycles. The molecule has 0 saturated carbocycles. The van der Waals surface area contributed by atoms with Crippen LogP contribution in [0.5, 0.6) is 0 Å². The van der Waals surface area contributed by atoms with Crippen molar-refractivity contribution in [2.45, 2.75) is 6.61 Å². The number of aliphatic hydroxyl groups excluding tert-OH is 1. The Bertz CT molecular complexity index is 377. The first kappa shape index (κ1) is 8.08. The van der Waals surface area contributed by atoms with Crippen molar-refractivity contribution in [3.8, 4) is 11.1 Å². The van der Waals surface area contributed by atoms with E-state index in [0.29, 0.717) is 0 Å². The van der Waals surface area contributed by atoms with Crippen molar-refractivity contribution in [2.75, 3.05) is 0 Å². The lowest BCUT2D eigenvalue weighted by Gasteiger charge is -2.03. The fourth-order valence-corrected chi connectivity index (χ4v) is 1.36. The molecule has 13 heavy (non-hydrogen) atoms. The Balaban J connectivity index is 2.51. The average molecular weight is 174 g/mol. The van der Waals surface area contributed by atoms with Crippen molar-refractivity contribution in [2.24, 2.45) is 0 Å². The summed E-state index contributed by atoms with van der Waals surface area (Å²) in [7, 11) is 0. The van der Waals surface area contributed by atoms with Gasteiger partial charge in [0.25, 0.3) is 0 Å². The number of rotatable bonds is 2. The second kappa shape index (κ2) is 3.46. The molecule has 66 valence electrons. The number of hydrogen-bond donors (Lipinski definition) is 1. The molecule has 2 heteroatoms. The SMILES string of the molecule is OCc1ccccc1-c1ccoc1. The van der Waals surface area contributed by atoms with E-state index in [0.717, 1.165) is 16.7 Å². The first-order valence-corrected chi connectivity index (χ1v) is 4.13. The lowest BCUT2D eigenvalue weighted by molar-refractivity contribution is 0.282. The zero-order valence-electron chi connectivity index (χ0n) is 7.10. The molecule has 0 unspecified atom stereocenters. The number of hydrogen-bond acceptors (Lipinski definition) is 2. The molecule has 0 spiro atoms. The number of furan rings is 1. The summed E-state index contributed by atoms with van der Waals surface area (Å²) >= 11 is 0. The van der Waals surface area contributed by atoms with Gasteiger partial charge in [0.2, 0.25) is 0 Å². The molecule has 0 atom stereocenters. The van der Waals surface area contributed by atoms with E-state index in [9.17, 15) is 0 Å². The Morgan fingerprint density at radius 1 is 1.15 bits per heavy atom. The van der Waals surface area contributed by atoms with Gasteiger partial charge in [0.1, 0.15) is 0 Å². The minimum Gasteiger partial charge on any atom is -0.472 e. The summed E-state index contributed by atoms with van der Waals surface area (Å²) in [4.78, 5) is 0. The minimum absolute atomic E-state index is 0.0569. The van der Waals surface area contributed by atoms with Crippen molar-refractivity contribution < 1.29 is 9.52 Å². The second-order valence-corrected chi connectivity index (χ2v) is 2.83. The highest BCUT2D eigenvalue weighted by molar-refractivity contribution is 5.65. The van der Waals surface area contributed by atoms with Crippen molar-refractivity contribution in [1.82, 2.24) is 0 Å². The number of aliphatic hydroxyl groups is 1. The summed E-state index contributed by atoms with van der Waals surface area (Å²) in [6.45, 7) is 0.0569. The normalized spacial score (nSPS) is 10.2. The maximum Gasteiger partial charge on any atom is 0.0981 e. The summed E-state index contributed by atoms with van der Waals surface area (Å²) in [6, 6.07) is 9.61. The van der Waals surface area contributed by atoms with Gasteiger partial charge in [0.05, 0.1) is 19.1 Å². The number of benzene rings is 1. The van der Waals surface area contributed by atoms with Gasteiger partial charge < -0.3 is 9.52 Å². The van der Waals surface area contributed by atoms with Gasteiger partial charge in [0.15, 0.2) is 0 Å². The summed E-state index contributed by atoms with van der Waals surface area (Å²) in [5.74, 6) is 0. The highest BCUT2D eigenvalue weighted by Gasteiger charge is 2.03. The molecule has 1 heterocycles. The van der Waals surface area contributed by atoms with Gasteiger partial charge in [-0.3, -0.25) is 0 Å². The standard InChI is InChI=1S/C11H10O2/c12-7-9-3-1-2-4-11(9)10-5-6-13-8-10/h1-6,8,12H,7H2. The van der Waals surface area contributed by atoms with Crippen LogP contribution in [-0.2, 0) is 6.61 Å². The van der Waals surface area contributed by atoms with E-state index in [-0.39, 0.29) is 6.61 Å². The van der Waals surface area contributed by atoms with Crippen LogP contribution in [0.2, 0.25) is 0 Å². The minimum atomic E-state index is 0.0569. The Labute approximate surface area is 76.4 Å². The molecule has 0 aliphatic heterocycles. The molecular formula is C11H10O2. The topological polar surface area (TPSA) is 33.4 Å². The molecule has 2 rings (SSSR count). The van der Waals surface area contributed by atoms with Crippen molar-refractivity contribution >= 4 is 0 Å². The highest BCUT2D eigenvalue weighted by Crippen LogP contribution is 2.23. The third-order valence-electron chi connectivity index (χ3n) is 2.02. The van der Waals surface area contributed by atoms with Gasteiger partial charge in [0, 0.05) is 5.56 Å².